The number of hydrogen-bond donors (Lipinski definition) is 3. The van der Waals surface area contributed by atoms with Gasteiger partial charge in [-0.2, -0.15) is 12.6 Å². The molecule has 3 N–H and O–H groups in total. The number of hydrogen-bond acceptors (Lipinski definition) is 4. The molecule has 1 unspecified atom stereocenters. The predicted octanol–water partition coefficient (Wildman–Crippen LogP) is -0.323. The van der Waals surface area contributed by atoms with Gasteiger partial charge in [0.15, 0.2) is 5.78 Å². The Morgan fingerprint density at radius 1 is 1.45 bits per heavy atom. The van der Waals surface area contributed by atoms with Gasteiger partial charge in [-0.25, -0.2) is 0 Å². The Balaban J connectivity index is 3.60. The number of carboxylic acid groups (broad SMARTS) is 1. The van der Waals surface area contributed by atoms with Gasteiger partial charge in [0.25, 0.3) is 0 Å². The van der Waals surface area contributed by atoms with E-state index in [2.05, 4.69) is 12.6 Å². The first kappa shape index (κ1) is 10.4. The third-order valence-corrected chi connectivity index (χ3v) is 1.59. The average Bonchev–Trinajstić information content (AvgIpc) is 1.98. The predicted molar refractivity (Wildman–Crippen MR) is 43.7 cm³/mol. The molecule has 0 bridgehead atoms. The van der Waals surface area contributed by atoms with E-state index >= 15 is 0 Å². The van der Waals surface area contributed by atoms with Gasteiger partial charge in [-0.05, 0) is 0 Å². The van der Waals surface area contributed by atoms with Crippen molar-refractivity contribution in [1.82, 2.24) is 0 Å². The Morgan fingerprint density at radius 2 is 2.00 bits per heavy atom. The van der Waals surface area contributed by atoms with Gasteiger partial charge in [-0.3, -0.25) is 9.59 Å². The molecule has 0 amide bonds. The van der Waals surface area contributed by atoms with Gasteiger partial charge in [0.1, 0.15) is 0 Å². The largest absolute Gasteiger partial charge is 0.481 e. The van der Waals surface area contributed by atoms with Crippen molar-refractivity contribution in [3.8, 4) is 0 Å². The van der Waals surface area contributed by atoms with Crippen LogP contribution in [0.4, 0.5) is 0 Å². The van der Waals surface area contributed by atoms with Crippen LogP contribution in [0.25, 0.3) is 0 Å². The van der Waals surface area contributed by atoms with Crippen molar-refractivity contribution in [3.05, 3.63) is 0 Å². The zero-order valence-electron chi connectivity index (χ0n) is 5.99. The molecule has 0 rings (SSSR count). The van der Waals surface area contributed by atoms with E-state index in [1.807, 2.05) is 0 Å². The van der Waals surface area contributed by atoms with Gasteiger partial charge >= 0.3 is 5.97 Å². The summed E-state index contributed by atoms with van der Waals surface area (Å²) in [5.41, 5.74) is 5.28. The van der Waals surface area contributed by atoms with Crippen molar-refractivity contribution in [2.75, 3.05) is 5.75 Å². The van der Waals surface area contributed by atoms with Crippen LogP contribution >= 0.6 is 12.6 Å². The maximum Gasteiger partial charge on any atom is 0.303 e. The van der Waals surface area contributed by atoms with Crippen LogP contribution in [-0.4, -0.2) is 28.7 Å². The highest BCUT2D eigenvalue weighted by molar-refractivity contribution is 7.80. The summed E-state index contributed by atoms with van der Waals surface area (Å²) < 4.78 is 0. The number of aliphatic carboxylic acids is 1. The maximum absolute atomic E-state index is 10.8. The molecule has 5 heteroatoms. The van der Waals surface area contributed by atoms with Crippen LogP contribution in [0.2, 0.25) is 0 Å². The van der Waals surface area contributed by atoms with E-state index in [0.29, 0.717) is 0 Å². The molecule has 64 valence electrons. The molecule has 0 fully saturated rings. The number of carbonyl (C=O) groups excluding carboxylic acids is 1. The number of carboxylic acids is 1. The fourth-order valence-electron chi connectivity index (χ4n) is 0.517. The molecule has 0 radical (unpaired) electrons. The first-order chi connectivity index (χ1) is 5.07. The van der Waals surface area contributed by atoms with Gasteiger partial charge in [-0.1, -0.05) is 0 Å². The van der Waals surface area contributed by atoms with Crippen LogP contribution in [0.3, 0.4) is 0 Å². The molecule has 0 aromatic rings. The number of ketones is 1. The molecule has 11 heavy (non-hydrogen) atoms. The molecule has 0 saturated carbocycles. The second kappa shape index (κ2) is 5.15. The number of rotatable bonds is 5. The summed E-state index contributed by atoms with van der Waals surface area (Å²) in [7, 11) is 0. The quantitative estimate of drug-likeness (QED) is 0.503. The van der Waals surface area contributed by atoms with E-state index in [1.54, 1.807) is 0 Å². The van der Waals surface area contributed by atoms with E-state index in [9.17, 15) is 9.59 Å². The summed E-state index contributed by atoms with van der Waals surface area (Å²) in [5.74, 6) is -0.967. The van der Waals surface area contributed by atoms with Crippen LogP contribution in [-0.2, 0) is 9.59 Å². The van der Waals surface area contributed by atoms with Crippen LogP contribution in [0.1, 0.15) is 12.8 Å². The lowest BCUT2D eigenvalue weighted by Crippen LogP contribution is -2.32. The first-order valence-corrected chi connectivity index (χ1v) is 3.82. The second-order valence-electron chi connectivity index (χ2n) is 2.15. The van der Waals surface area contributed by atoms with E-state index < -0.39 is 12.0 Å². The third kappa shape index (κ3) is 4.80. The molecule has 0 aliphatic rings. The molecule has 0 saturated heterocycles. The smallest absolute Gasteiger partial charge is 0.303 e. The number of thiol groups is 1. The molecule has 0 spiro atoms. The minimum absolute atomic E-state index is 0.00292. The van der Waals surface area contributed by atoms with Crippen molar-refractivity contribution >= 4 is 24.4 Å². The van der Waals surface area contributed by atoms with Gasteiger partial charge in [0.05, 0.1) is 12.5 Å². The average molecular weight is 177 g/mol. The highest BCUT2D eigenvalue weighted by atomic mass is 32.1. The Bertz CT molecular complexity index is 160. The topological polar surface area (TPSA) is 80.4 Å². The molecule has 0 aliphatic carbocycles. The second-order valence-corrected chi connectivity index (χ2v) is 2.51. The highest BCUT2D eigenvalue weighted by Gasteiger charge is 2.12. The standard InChI is InChI=1S/C6H11NO3S/c7-4(3-11)5(8)1-2-6(9)10/h4,11H,1-3,7H2,(H,9,10). The molecule has 4 nitrogen and oxygen atoms in total. The van der Waals surface area contributed by atoms with Crippen molar-refractivity contribution in [3.63, 3.8) is 0 Å². The zero-order chi connectivity index (χ0) is 8.85. The molecule has 0 aromatic carbocycles. The third-order valence-electron chi connectivity index (χ3n) is 1.20. The van der Waals surface area contributed by atoms with Crippen molar-refractivity contribution in [1.29, 1.82) is 0 Å². The van der Waals surface area contributed by atoms with Crippen molar-refractivity contribution in [2.45, 2.75) is 18.9 Å². The fourth-order valence-corrected chi connectivity index (χ4v) is 0.721. The molecule has 0 aromatic heterocycles. The fraction of sp³-hybridized carbons (Fsp3) is 0.667. The van der Waals surface area contributed by atoms with Crippen LogP contribution in [0.15, 0.2) is 0 Å². The van der Waals surface area contributed by atoms with Gasteiger partial charge in [0, 0.05) is 12.2 Å². The Hall–Kier alpha value is -0.550. The zero-order valence-corrected chi connectivity index (χ0v) is 6.88. The van der Waals surface area contributed by atoms with Gasteiger partial charge < -0.3 is 10.8 Å². The highest BCUT2D eigenvalue weighted by Crippen LogP contribution is 1.95. The summed E-state index contributed by atoms with van der Waals surface area (Å²) in [4.78, 5) is 20.8. The van der Waals surface area contributed by atoms with Crippen molar-refractivity contribution in [2.24, 2.45) is 5.73 Å². The van der Waals surface area contributed by atoms with Crippen molar-refractivity contribution < 1.29 is 14.7 Å². The van der Waals surface area contributed by atoms with Crippen LogP contribution in [0.5, 0.6) is 0 Å². The summed E-state index contributed by atoms with van der Waals surface area (Å²) in [6, 6.07) is -0.627. The molecular formula is C6H11NO3S. The number of carbonyl (C=O) groups is 2. The van der Waals surface area contributed by atoms with E-state index in [1.165, 1.54) is 0 Å². The van der Waals surface area contributed by atoms with Crippen LogP contribution < -0.4 is 5.73 Å². The minimum atomic E-state index is -0.982. The van der Waals surface area contributed by atoms with Crippen LogP contribution in [0, 0.1) is 0 Å². The molecule has 0 heterocycles. The lowest BCUT2D eigenvalue weighted by Gasteiger charge is -2.04. The Labute approximate surface area is 70.2 Å². The summed E-state index contributed by atoms with van der Waals surface area (Å²) in [6.07, 6.45) is -0.155. The lowest BCUT2D eigenvalue weighted by atomic mass is 10.1. The van der Waals surface area contributed by atoms with Gasteiger partial charge in [0.2, 0.25) is 0 Å². The lowest BCUT2D eigenvalue weighted by molar-refractivity contribution is -0.138. The Kier molecular flexibility index (Phi) is 4.89. The molecule has 1 atom stereocenters. The minimum Gasteiger partial charge on any atom is -0.481 e. The monoisotopic (exact) mass is 177 g/mol. The number of Topliss-reactive ketones (excluding diaryl/α,β-unsaturated/α-hetero) is 1. The first-order valence-electron chi connectivity index (χ1n) is 3.19. The maximum atomic E-state index is 10.8. The summed E-state index contributed by atoms with van der Waals surface area (Å²) in [6.45, 7) is 0. The molecule has 0 aliphatic heterocycles. The van der Waals surface area contributed by atoms with E-state index in [-0.39, 0.29) is 24.4 Å². The van der Waals surface area contributed by atoms with E-state index in [4.69, 9.17) is 10.8 Å². The van der Waals surface area contributed by atoms with Gasteiger partial charge in [-0.15, -0.1) is 0 Å². The molecular weight excluding hydrogens is 166 g/mol. The SMILES string of the molecule is NC(CS)C(=O)CCC(=O)O. The van der Waals surface area contributed by atoms with E-state index in [0.717, 1.165) is 0 Å². The Morgan fingerprint density at radius 3 is 2.36 bits per heavy atom. The summed E-state index contributed by atoms with van der Waals surface area (Å²) >= 11 is 3.81. The normalized spacial score (nSPS) is 12.5. The number of nitrogens with two attached hydrogens (primary N) is 1. The summed E-state index contributed by atoms with van der Waals surface area (Å²) in [5, 5.41) is 8.20.